The summed E-state index contributed by atoms with van der Waals surface area (Å²) in [5, 5.41) is 0. The molecular formula is C7H7F2Mg. The average molecular weight is 153 g/mol. The first-order valence-corrected chi connectivity index (χ1v) is 3.87. The molecule has 1 aromatic rings. The number of rotatable bonds is 0. The number of hydrogen-bond acceptors (Lipinski definition) is 0. The van der Waals surface area contributed by atoms with Crippen molar-refractivity contribution in [1.29, 1.82) is 0 Å². The number of hydrogen-bond donors (Lipinski definition) is 0. The highest BCUT2D eigenvalue weighted by Gasteiger charge is 1.78. The van der Waals surface area contributed by atoms with E-state index < -0.39 is 21.5 Å². The molecule has 0 saturated carbocycles. The molecule has 0 saturated heterocycles. The van der Waals surface area contributed by atoms with Gasteiger partial charge in [-0.1, -0.05) is 30.3 Å². The second kappa shape index (κ2) is 6.96. The Bertz CT molecular complexity index is 153. The van der Waals surface area contributed by atoms with E-state index in [0.29, 0.717) is 0 Å². The third-order valence-electron chi connectivity index (χ3n) is 0.843. The van der Waals surface area contributed by atoms with Crippen molar-refractivity contribution in [2.24, 2.45) is 0 Å². The van der Waals surface area contributed by atoms with Crippen LogP contribution in [0.5, 0.6) is 0 Å². The molecule has 0 unspecified atom stereocenters. The minimum absolute atomic E-state index is 1.07. The molecule has 0 bridgehead atoms. The Balaban J connectivity index is 0.000000236. The zero-order valence-corrected chi connectivity index (χ0v) is 6.97. The van der Waals surface area contributed by atoms with Crippen LogP contribution < -0.4 is 0 Å². The van der Waals surface area contributed by atoms with Crippen LogP contribution in [0, 0.1) is 6.92 Å². The lowest BCUT2D eigenvalue weighted by atomic mass is 10.2. The van der Waals surface area contributed by atoms with Crippen LogP contribution in [0.15, 0.2) is 30.3 Å². The van der Waals surface area contributed by atoms with Gasteiger partial charge in [0, 0.05) is 0 Å². The van der Waals surface area contributed by atoms with Gasteiger partial charge in [-0.3, -0.25) is 0 Å². The van der Waals surface area contributed by atoms with Gasteiger partial charge < -0.3 is 5.91 Å². The summed E-state index contributed by atoms with van der Waals surface area (Å²) in [5.74, 6) is 0. The number of halogens is 2. The fraction of sp³-hybridized carbons (Fsp3) is 0. The lowest BCUT2D eigenvalue weighted by molar-refractivity contribution is 0.712. The highest BCUT2D eigenvalue weighted by molar-refractivity contribution is 6.15. The van der Waals surface area contributed by atoms with Crippen molar-refractivity contribution in [2.75, 3.05) is 0 Å². The molecule has 3 heteroatoms. The average Bonchev–Trinajstić information content (AvgIpc) is 1.91. The molecule has 0 aliphatic rings. The first kappa shape index (κ1) is 9.85. The molecule has 0 atom stereocenters. The standard InChI is InChI=1S/C7H7.2FH.Mg/c1-7-5-3-2-4-6-7;;;/h2-6H,1H2;2*1H;/q;;;+2/p-2. The molecule has 0 fully saturated rings. The Morgan fingerprint density at radius 1 is 1.10 bits per heavy atom. The SMILES string of the molecule is [CH2]c1ccccc1.[F][Mg][F]. The van der Waals surface area contributed by atoms with Crippen molar-refractivity contribution in [3.05, 3.63) is 42.8 Å². The van der Waals surface area contributed by atoms with Gasteiger partial charge in [-0.05, 0) is 12.5 Å². The number of benzene rings is 1. The summed E-state index contributed by atoms with van der Waals surface area (Å²) < 4.78 is 19.5. The Labute approximate surface area is 70.5 Å². The quantitative estimate of drug-likeness (QED) is 0.502. The van der Waals surface area contributed by atoms with Gasteiger partial charge >= 0.3 is 21.5 Å². The van der Waals surface area contributed by atoms with Crippen LogP contribution in [0.25, 0.3) is 0 Å². The van der Waals surface area contributed by atoms with Crippen LogP contribution in [0.3, 0.4) is 0 Å². The van der Waals surface area contributed by atoms with E-state index in [0.717, 1.165) is 5.56 Å². The largest absolute Gasteiger partial charge is 0.879 e. The summed E-state index contributed by atoms with van der Waals surface area (Å²) in [7, 11) is 0. The minimum Gasteiger partial charge on any atom is -0.440 e. The van der Waals surface area contributed by atoms with Gasteiger partial charge in [0.25, 0.3) is 0 Å². The molecular weight excluding hydrogens is 146 g/mol. The van der Waals surface area contributed by atoms with Gasteiger partial charge in [-0.15, -0.1) is 0 Å². The summed E-state index contributed by atoms with van der Waals surface area (Å²) in [4.78, 5) is 0. The van der Waals surface area contributed by atoms with E-state index >= 15 is 0 Å². The van der Waals surface area contributed by atoms with E-state index in [-0.39, 0.29) is 0 Å². The first-order chi connectivity index (χ1) is 4.81. The maximum absolute atomic E-state index is 9.76. The summed E-state index contributed by atoms with van der Waals surface area (Å²) in [6.07, 6.45) is 0. The van der Waals surface area contributed by atoms with Gasteiger partial charge in [0.1, 0.15) is 0 Å². The topological polar surface area (TPSA) is 0 Å². The van der Waals surface area contributed by atoms with Crippen LogP contribution in [0.2, 0.25) is 0 Å². The predicted molar refractivity (Wildman–Crippen MR) is 38.9 cm³/mol. The predicted octanol–water partition coefficient (Wildman–Crippen LogP) is 2.33. The molecule has 10 heavy (non-hydrogen) atoms. The Hall–Kier alpha value is -0.154. The van der Waals surface area contributed by atoms with Gasteiger partial charge in [-0.2, -0.15) is 0 Å². The van der Waals surface area contributed by atoms with E-state index in [1.54, 1.807) is 0 Å². The smallest absolute Gasteiger partial charge is 0.440 e. The normalized spacial score (nSPS) is 7.10. The molecule has 0 N–H and O–H groups in total. The van der Waals surface area contributed by atoms with Crippen molar-refractivity contribution in [3.63, 3.8) is 0 Å². The second-order valence-electron chi connectivity index (χ2n) is 1.59. The monoisotopic (exact) mass is 153 g/mol. The zero-order valence-electron chi connectivity index (χ0n) is 5.56. The minimum atomic E-state index is -2.58. The molecule has 0 aromatic heterocycles. The summed E-state index contributed by atoms with van der Waals surface area (Å²) in [6, 6.07) is 9.87. The maximum atomic E-state index is 9.76. The highest BCUT2D eigenvalue weighted by Crippen LogP contribution is 1.92. The van der Waals surface area contributed by atoms with Crippen LogP contribution in [-0.4, -0.2) is 21.5 Å². The van der Waals surface area contributed by atoms with Crippen molar-refractivity contribution in [3.8, 4) is 0 Å². The maximum Gasteiger partial charge on any atom is 0.879 e. The van der Waals surface area contributed by atoms with Gasteiger partial charge in [-0.25, -0.2) is 0 Å². The van der Waals surface area contributed by atoms with Crippen LogP contribution in [-0.2, 0) is 0 Å². The van der Waals surface area contributed by atoms with E-state index in [2.05, 4.69) is 6.92 Å². The zero-order chi connectivity index (χ0) is 7.82. The Morgan fingerprint density at radius 3 is 1.70 bits per heavy atom. The van der Waals surface area contributed by atoms with Gasteiger partial charge in [0.2, 0.25) is 0 Å². The fourth-order valence-electron chi connectivity index (χ4n) is 0.478. The molecule has 0 spiro atoms. The summed E-state index contributed by atoms with van der Waals surface area (Å²) in [6.45, 7) is 3.72. The van der Waals surface area contributed by atoms with Gasteiger partial charge in [0.15, 0.2) is 0 Å². The molecule has 0 amide bonds. The molecule has 0 aliphatic heterocycles. The fourth-order valence-corrected chi connectivity index (χ4v) is 0.478. The second-order valence-corrected chi connectivity index (χ2v) is 1.79. The van der Waals surface area contributed by atoms with Gasteiger partial charge in [0.05, 0.1) is 0 Å². The van der Waals surface area contributed by atoms with Crippen molar-refractivity contribution >= 4 is 21.5 Å². The summed E-state index contributed by atoms with van der Waals surface area (Å²) in [5.41, 5.74) is 1.07. The Morgan fingerprint density at radius 2 is 1.50 bits per heavy atom. The van der Waals surface area contributed by atoms with Crippen molar-refractivity contribution in [2.45, 2.75) is 0 Å². The van der Waals surface area contributed by atoms with Crippen molar-refractivity contribution < 1.29 is 5.91 Å². The molecule has 1 rings (SSSR count). The molecule has 0 heterocycles. The van der Waals surface area contributed by atoms with E-state index in [1.807, 2.05) is 30.3 Å². The molecule has 1 aromatic carbocycles. The lowest BCUT2D eigenvalue weighted by Crippen LogP contribution is -1.62. The molecule has 1 radical (unpaired) electrons. The van der Waals surface area contributed by atoms with Crippen molar-refractivity contribution in [1.82, 2.24) is 0 Å². The third-order valence-corrected chi connectivity index (χ3v) is 0.843. The van der Waals surface area contributed by atoms with Crippen LogP contribution in [0.4, 0.5) is 5.91 Å². The summed E-state index contributed by atoms with van der Waals surface area (Å²) >= 11 is -2.58. The van der Waals surface area contributed by atoms with E-state index in [1.165, 1.54) is 0 Å². The van der Waals surface area contributed by atoms with Crippen LogP contribution >= 0.6 is 0 Å². The van der Waals surface area contributed by atoms with E-state index in [9.17, 15) is 5.91 Å². The molecule has 0 aliphatic carbocycles. The first-order valence-electron chi connectivity index (χ1n) is 2.80. The van der Waals surface area contributed by atoms with E-state index in [4.69, 9.17) is 0 Å². The van der Waals surface area contributed by atoms with Crippen LogP contribution in [0.1, 0.15) is 5.56 Å². The third kappa shape index (κ3) is 5.97. The lowest BCUT2D eigenvalue weighted by Gasteiger charge is -1.82. The molecule has 0 nitrogen and oxygen atoms in total. The Kier molecular flexibility index (Phi) is 6.85. The highest BCUT2D eigenvalue weighted by atomic mass is 24.7. The molecule has 51 valence electrons.